The van der Waals surface area contributed by atoms with E-state index in [0.29, 0.717) is 0 Å². The van der Waals surface area contributed by atoms with Crippen molar-refractivity contribution in [2.45, 2.75) is 50.4 Å². The standard InChI is InChI=1S/C73H55N/c1-71(2)63-35-19-15-31-60(63)68-58(33-22-37-65(68)71)59-46-45-55(70-69(59)61-32-16-20-36-64(61)73(70,50-25-10-6-11-26-50)51-27-12-7-13-28-51)49-39-41-52(42-40-49)74(67-38-21-17-29-54(67)48-23-8-5-9-24-48)53-43-44-57-56-30-14-18-34-62(56)72(3,4)66(57)47-53/h5-12,14-25,27,29-47,50H,26H2,1-4H3. The van der Waals surface area contributed by atoms with Gasteiger partial charge in [-0.15, -0.1) is 0 Å². The SMILES string of the molecule is CC1(C)c2ccccc2-c2ccc(N(c3ccc(-c4ccc(-c5cccc6c5-c5ccccc5C6(C)C)c5c4C(c4c#cccc4)(C4C=CC=CC4)c4ccccc4-5)cc3)c3ccccc3-c3ccccc3)cc21. The van der Waals surface area contributed by atoms with Crippen LogP contribution >= 0.6 is 0 Å². The second kappa shape index (κ2) is 16.7. The summed E-state index contributed by atoms with van der Waals surface area (Å²) in [4.78, 5) is 2.47. The smallest absolute Gasteiger partial charge is 0.0614 e. The maximum Gasteiger partial charge on any atom is 0.0614 e. The topological polar surface area (TPSA) is 3.24 Å². The number of nitrogens with zero attached hydrogens (tertiary/aromatic N) is 1. The Bertz CT molecular complexity index is 3920. The van der Waals surface area contributed by atoms with Gasteiger partial charge in [-0.3, -0.25) is 0 Å². The summed E-state index contributed by atoms with van der Waals surface area (Å²) in [6, 6.07) is 89.0. The molecule has 352 valence electrons. The molecule has 1 heteroatoms. The van der Waals surface area contributed by atoms with Crippen molar-refractivity contribution in [1.82, 2.24) is 0 Å². The summed E-state index contributed by atoms with van der Waals surface area (Å²) in [5.41, 5.74) is 27.0. The van der Waals surface area contributed by atoms with Crippen molar-refractivity contribution in [1.29, 1.82) is 0 Å². The highest BCUT2D eigenvalue weighted by molar-refractivity contribution is 6.04. The number of anilines is 3. The van der Waals surface area contributed by atoms with Crippen molar-refractivity contribution in [3.8, 4) is 66.8 Å². The molecular weight excluding hydrogens is 891 g/mol. The van der Waals surface area contributed by atoms with Gasteiger partial charge in [0.05, 0.1) is 11.1 Å². The Balaban J connectivity index is 1.01. The van der Waals surface area contributed by atoms with Crippen LogP contribution in [0, 0.1) is 18.1 Å². The molecule has 0 saturated heterocycles. The van der Waals surface area contributed by atoms with Crippen molar-refractivity contribution >= 4 is 17.1 Å². The van der Waals surface area contributed by atoms with E-state index in [-0.39, 0.29) is 16.7 Å². The second-order valence-electron chi connectivity index (χ2n) is 21.7. The lowest BCUT2D eigenvalue weighted by Gasteiger charge is -2.40. The number of hydrogen-bond donors (Lipinski definition) is 0. The zero-order valence-electron chi connectivity index (χ0n) is 42.3. The second-order valence-corrected chi connectivity index (χ2v) is 21.7. The van der Waals surface area contributed by atoms with Crippen LogP contribution in [0.3, 0.4) is 0 Å². The molecule has 10 aromatic carbocycles. The fourth-order valence-electron chi connectivity index (χ4n) is 13.8. The summed E-state index contributed by atoms with van der Waals surface area (Å²) in [6.07, 6.45) is 10.2. The third kappa shape index (κ3) is 6.31. The summed E-state index contributed by atoms with van der Waals surface area (Å²) in [6.45, 7) is 9.51. The van der Waals surface area contributed by atoms with Gasteiger partial charge in [0.1, 0.15) is 0 Å². The predicted octanol–water partition coefficient (Wildman–Crippen LogP) is 18.8. The van der Waals surface area contributed by atoms with E-state index in [0.717, 1.165) is 29.0 Å². The Labute approximate surface area is 436 Å². The van der Waals surface area contributed by atoms with Gasteiger partial charge >= 0.3 is 0 Å². The van der Waals surface area contributed by atoms with E-state index in [1.54, 1.807) is 0 Å². The lowest BCUT2D eigenvalue weighted by Crippen LogP contribution is -2.36. The Morgan fingerprint density at radius 3 is 1.73 bits per heavy atom. The summed E-state index contributed by atoms with van der Waals surface area (Å²) in [5.74, 6) is 0.122. The molecular formula is C73H55N. The highest BCUT2D eigenvalue weighted by Crippen LogP contribution is 2.63. The highest BCUT2D eigenvalue weighted by Gasteiger charge is 2.52. The molecule has 4 aliphatic rings. The first kappa shape index (κ1) is 44.0. The van der Waals surface area contributed by atoms with Crippen LogP contribution in [-0.4, -0.2) is 0 Å². The van der Waals surface area contributed by atoms with Crippen LogP contribution in [0.5, 0.6) is 0 Å². The van der Waals surface area contributed by atoms with Crippen LogP contribution in [0.2, 0.25) is 0 Å². The molecule has 10 aromatic rings. The minimum absolute atomic E-state index is 0.122. The van der Waals surface area contributed by atoms with E-state index in [9.17, 15) is 0 Å². The van der Waals surface area contributed by atoms with Gasteiger partial charge in [0.2, 0.25) is 0 Å². The van der Waals surface area contributed by atoms with Crippen LogP contribution in [0.15, 0.2) is 243 Å². The van der Waals surface area contributed by atoms with E-state index in [1.165, 1.54) is 100 Å². The molecule has 0 saturated carbocycles. The number of allylic oxidation sites excluding steroid dienone is 4. The fraction of sp³-hybridized carbons (Fsp3) is 0.123. The van der Waals surface area contributed by atoms with Crippen LogP contribution in [0.1, 0.15) is 73.1 Å². The molecule has 4 aliphatic carbocycles. The first-order chi connectivity index (χ1) is 36.3. The average Bonchev–Trinajstić information content (AvgIpc) is 4.04. The van der Waals surface area contributed by atoms with Gasteiger partial charge in [-0.25, -0.2) is 0 Å². The molecule has 2 unspecified atom stereocenters. The monoisotopic (exact) mass is 945 g/mol. The van der Waals surface area contributed by atoms with Gasteiger partial charge in [-0.05, 0) is 149 Å². The predicted molar refractivity (Wildman–Crippen MR) is 308 cm³/mol. The molecule has 14 rings (SSSR count). The zero-order valence-corrected chi connectivity index (χ0v) is 42.3. The molecule has 0 aliphatic heterocycles. The van der Waals surface area contributed by atoms with Gasteiger partial charge in [-0.2, -0.15) is 0 Å². The third-order valence-electron chi connectivity index (χ3n) is 17.2. The van der Waals surface area contributed by atoms with E-state index in [4.69, 9.17) is 0 Å². The molecule has 0 aromatic heterocycles. The Hall–Kier alpha value is -8.70. The van der Waals surface area contributed by atoms with E-state index >= 15 is 0 Å². The van der Waals surface area contributed by atoms with E-state index in [1.807, 2.05) is 6.07 Å². The molecule has 0 amide bonds. The molecule has 0 fully saturated rings. The molecule has 0 spiro atoms. The molecule has 2 atom stereocenters. The first-order valence-corrected chi connectivity index (χ1v) is 26.3. The number of hydrogen-bond acceptors (Lipinski definition) is 1. The molecule has 0 heterocycles. The summed E-state index contributed by atoms with van der Waals surface area (Å²) >= 11 is 0. The van der Waals surface area contributed by atoms with Crippen molar-refractivity contribution in [2.75, 3.05) is 4.90 Å². The lowest BCUT2D eigenvalue weighted by molar-refractivity contribution is 0.458. The van der Waals surface area contributed by atoms with Gasteiger partial charge < -0.3 is 4.90 Å². The van der Waals surface area contributed by atoms with Gasteiger partial charge in [0.15, 0.2) is 0 Å². The van der Waals surface area contributed by atoms with Gasteiger partial charge in [0, 0.05) is 33.3 Å². The van der Waals surface area contributed by atoms with Crippen LogP contribution in [0.4, 0.5) is 17.1 Å². The minimum atomic E-state index is -0.570. The number of fused-ring (bicyclic) bond motifs is 9. The Morgan fingerprint density at radius 2 is 0.986 bits per heavy atom. The highest BCUT2D eigenvalue weighted by atomic mass is 15.1. The fourth-order valence-corrected chi connectivity index (χ4v) is 13.8. The van der Waals surface area contributed by atoms with Crippen molar-refractivity contribution < 1.29 is 0 Å². The Kier molecular flexibility index (Phi) is 9.92. The van der Waals surface area contributed by atoms with E-state index in [2.05, 4.69) is 281 Å². The van der Waals surface area contributed by atoms with Crippen LogP contribution in [0.25, 0.3) is 66.8 Å². The summed E-state index contributed by atoms with van der Waals surface area (Å²) in [5, 5.41) is 0. The minimum Gasteiger partial charge on any atom is -0.310 e. The average molecular weight is 946 g/mol. The molecule has 0 radical (unpaired) electrons. The maximum atomic E-state index is 3.75. The quantitative estimate of drug-likeness (QED) is 0.147. The van der Waals surface area contributed by atoms with Crippen molar-refractivity contribution in [2.24, 2.45) is 5.92 Å². The number of rotatable bonds is 8. The van der Waals surface area contributed by atoms with E-state index < -0.39 is 5.41 Å². The van der Waals surface area contributed by atoms with Gasteiger partial charge in [-0.1, -0.05) is 240 Å². The molecule has 1 nitrogen and oxygen atoms in total. The normalized spacial score (nSPS) is 17.6. The number of para-hydroxylation sites is 1. The third-order valence-corrected chi connectivity index (χ3v) is 17.2. The zero-order chi connectivity index (χ0) is 49.8. The first-order valence-electron chi connectivity index (χ1n) is 26.3. The van der Waals surface area contributed by atoms with Crippen LogP contribution in [-0.2, 0) is 16.2 Å². The molecule has 0 N–H and O–H groups in total. The summed E-state index contributed by atoms with van der Waals surface area (Å²) in [7, 11) is 0. The molecule has 0 bridgehead atoms. The van der Waals surface area contributed by atoms with Crippen molar-refractivity contribution in [3.05, 3.63) is 294 Å². The lowest BCUT2D eigenvalue weighted by atomic mass is 9.61. The maximum absolute atomic E-state index is 3.75. The van der Waals surface area contributed by atoms with Crippen LogP contribution < -0.4 is 4.90 Å². The Morgan fingerprint density at radius 1 is 0.419 bits per heavy atom. The van der Waals surface area contributed by atoms with Gasteiger partial charge in [0.25, 0.3) is 0 Å². The number of benzene rings is 9. The summed E-state index contributed by atoms with van der Waals surface area (Å²) < 4.78 is 0. The van der Waals surface area contributed by atoms with Crippen molar-refractivity contribution in [3.63, 3.8) is 0 Å². The molecule has 74 heavy (non-hydrogen) atoms. The largest absolute Gasteiger partial charge is 0.310 e.